The zero-order valence-corrected chi connectivity index (χ0v) is 9.56. The van der Waals surface area contributed by atoms with Crippen molar-refractivity contribution in [2.75, 3.05) is 6.54 Å². The Morgan fingerprint density at radius 1 is 1.07 bits per heavy atom. The number of carbonyl (C=O) groups is 2. The predicted octanol–water partition coefficient (Wildman–Crippen LogP) is 1.66. The summed E-state index contributed by atoms with van der Waals surface area (Å²) in [7, 11) is 0. The molecule has 1 aliphatic carbocycles. The molecule has 2 aliphatic rings. The van der Waals surface area contributed by atoms with E-state index in [0.717, 1.165) is 25.7 Å². The number of amides is 1. The number of ketones is 1. The molecule has 1 spiro atoms. The number of rotatable bonds is 0. The highest BCUT2D eigenvalue weighted by Crippen LogP contribution is 2.47. The van der Waals surface area contributed by atoms with E-state index in [1.807, 2.05) is 0 Å². The maximum atomic E-state index is 11.9. The molecular formula is C12H19NO2. The molecule has 3 heteroatoms. The monoisotopic (exact) mass is 209 g/mol. The molecule has 1 N–H and O–H groups in total. The predicted molar refractivity (Wildman–Crippen MR) is 57.3 cm³/mol. The second-order valence-corrected chi connectivity index (χ2v) is 5.84. The summed E-state index contributed by atoms with van der Waals surface area (Å²) in [4.78, 5) is 23.3. The zero-order valence-electron chi connectivity index (χ0n) is 9.56. The lowest BCUT2D eigenvalue weighted by Gasteiger charge is -2.43. The summed E-state index contributed by atoms with van der Waals surface area (Å²) in [6, 6.07) is 0. The standard InChI is InChI=1S/C12H19NO2/c1-11(2)3-5-12(6-4-11)7-9(14)8-13-10(12)15/h3-8H2,1-2H3,(H,13,15). The summed E-state index contributed by atoms with van der Waals surface area (Å²) >= 11 is 0. The van der Waals surface area contributed by atoms with Crippen molar-refractivity contribution in [1.29, 1.82) is 0 Å². The summed E-state index contributed by atoms with van der Waals surface area (Å²) in [5.74, 6) is 0.298. The lowest BCUT2D eigenvalue weighted by Crippen LogP contribution is -2.52. The molecule has 0 aromatic carbocycles. The molecule has 0 aromatic rings. The Morgan fingerprint density at radius 2 is 1.67 bits per heavy atom. The molecule has 3 nitrogen and oxygen atoms in total. The fraction of sp³-hybridized carbons (Fsp3) is 0.833. The van der Waals surface area contributed by atoms with E-state index in [-0.39, 0.29) is 23.7 Å². The Bertz CT molecular complexity index is 297. The fourth-order valence-electron chi connectivity index (χ4n) is 2.70. The topological polar surface area (TPSA) is 46.2 Å². The molecule has 1 amide bonds. The SMILES string of the molecule is CC1(C)CCC2(CC1)CC(=O)CNC2=O. The first-order valence-electron chi connectivity index (χ1n) is 5.74. The molecule has 84 valence electrons. The van der Waals surface area contributed by atoms with Gasteiger partial charge >= 0.3 is 0 Å². The molecule has 2 fully saturated rings. The van der Waals surface area contributed by atoms with Crippen molar-refractivity contribution in [3.63, 3.8) is 0 Å². The third kappa shape index (κ3) is 1.92. The normalized spacial score (nSPS) is 28.9. The van der Waals surface area contributed by atoms with Crippen LogP contribution in [0.4, 0.5) is 0 Å². The Balaban J connectivity index is 2.13. The van der Waals surface area contributed by atoms with E-state index in [2.05, 4.69) is 19.2 Å². The average molecular weight is 209 g/mol. The van der Waals surface area contributed by atoms with Crippen LogP contribution < -0.4 is 5.32 Å². The van der Waals surface area contributed by atoms with Crippen LogP contribution in [0.2, 0.25) is 0 Å². The van der Waals surface area contributed by atoms with Crippen molar-refractivity contribution >= 4 is 11.7 Å². The van der Waals surface area contributed by atoms with Crippen molar-refractivity contribution in [3.05, 3.63) is 0 Å². The largest absolute Gasteiger partial charge is 0.349 e. The van der Waals surface area contributed by atoms with Gasteiger partial charge in [0.1, 0.15) is 0 Å². The molecule has 0 unspecified atom stereocenters. The van der Waals surface area contributed by atoms with Crippen molar-refractivity contribution in [1.82, 2.24) is 5.32 Å². The Labute approximate surface area is 90.6 Å². The van der Waals surface area contributed by atoms with Gasteiger partial charge in [-0.25, -0.2) is 0 Å². The molecule has 1 saturated heterocycles. The van der Waals surface area contributed by atoms with Crippen LogP contribution in [0.25, 0.3) is 0 Å². The summed E-state index contributed by atoms with van der Waals surface area (Å²) in [5.41, 5.74) is -0.0170. The third-order valence-electron chi connectivity index (χ3n) is 4.02. The van der Waals surface area contributed by atoms with Gasteiger partial charge < -0.3 is 5.32 Å². The molecule has 0 radical (unpaired) electrons. The molecule has 0 aromatic heterocycles. The van der Waals surface area contributed by atoms with Gasteiger partial charge in [0.15, 0.2) is 5.78 Å². The summed E-state index contributed by atoms with van der Waals surface area (Å²) < 4.78 is 0. The van der Waals surface area contributed by atoms with E-state index in [1.165, 1.54) is 0 Å². The van der Waals surface area contributed by atoms with E-state index in [1.54, 1.807) is 0 Å². The fourth-order valence-corrected chi connectivity index (χ4v) is 2.70. The van der Waals surface area contributed by atoms with Gasteiger partial charge in [-0.3, -0.25) is 9.59 Å². The average Bonchev–Trinajstić information content (AvgIpc) is 2.17. The van der Waals surface area contributed by atoms with Crippen molar-refractivity contribution in [2.24, 2.45) is 10.8 Å². The number of hydrogen-bond donors (Lipinski definition) is 1. The van der Waals surface area contributed by atoms with Gasteiger partial charge in [-0.15, -0.1) is 0 Å². The minimum absolute atomic E-state index is 0.109. The minimum atomic E-state index is -0.356. The number of Topliss-reactive ketones (excluding diaryl/α,β-unsaturated/α-hetero) is 1. The molecular weight excluding hydrogens is 190 g/mol. The number of piperidine rings is 1. The van der Waals surface area contributed by atoms with E-state index in [9.17, 15) is 9.59 Å². The van der Waals surface area contributed by atoms with Gasteiger partial charge in [0, 0.05) is 6.42 Å². The smallest absolute Gasteiger partial charge is 0.227 e. The highest BCUT2D eigenvalue weighted by Gasteiger charge is 2.46. The van der Waals surface area contributed by atoms with Crippen LogP contribution in [0.1, 0.15) is 46.0 Å². The lowest BCUT2D eigenvalue weighted by atomic mass is 9.62. The second-order valence-electron chi connectivity index (χ2n) is 5.84. The van der Waals surface area contributed by atoms with Crippen LogP contribution in [0.3, 0.4) is 0 Å². The van der Waals surface area contributed by atoms with Gasteiger partial charge in [-0.1, -0.05) is 13.8 Å². The van der Waals surface area contributed by atoms with Crippen LogP contribution in [-0.4, -0.2) is 18.2 Å². The quantitative estimate of drug-likeness (QED) is 0.659. The van der Waals surface area contributed by atoms with Crippen LogP contribution >= 0.6 is 0 Å². The molecule has 15 heavy (non-hydrogen) atoms. The minimum Gasteiger partial charge on any atom is -0.349 e. The highest BCUT2D eigenvalue weighted by molar-refractivity contribution is 5.96. The van der Waals surface area contributed by atoms with Crippen molar-refractivity contribution < 1.29 is 9.59 Å². The molecule has 0 atom stereocenters. The summed E-state index contributed by atoms with van der Waals surface area (Å²) in [5, 5.41) is 2.73. The number of nitrogens with one attached hydrogen (secondary N) is 1. The first-order valence-corrected chi connectivity index (χ1v) is 5.74. The number of carbonyl (C=O) groups excluding carboxylic acids is 2. The number of hydrogen-bond acceptors (Lipinski definition) is 2. The first kappa shape index (κ1) is 10.7. The zero-order chi connectivity index (χ0) is 11.1. The first-order chi connectivity index (χ1) is 6.94. The van der Waals surface area contributed by atoms with Crippen molar-refractivity contribution in [3.8, 4) is 0 Å². The second kappa shape index (κ2) is 3.32. The Hall–Kier alpha value is -0.860. The van der Waals surface area contributed by atoms with Gasteiger partial charge in [0.25, 0.3) is 0 Å². The van der Waals surface area contributed by atoms with Crippen molar-refractivity contribution in [2.45, 2.75) is 46.0 Å². The van der Waals surface area contributed by atoms with Gasteiger partial charge in [0.05, 0.1) is 12.0 Å². The lowest BCUT2D eigenvalue weighted by molar-refractivity contribution is -0.144. The van der Waals surface area contributed by atoms with Crippen LogP contribution in [0, 0.1) is 10.8 Å². The van der Waals surface area contributed by atoms with Gasteiger partial charge in [0.2, 0.25) is 5.91 Å². The maximum absolute atomic E-state index is 11.9. The maximum Gasteiger partial charge on any atom is 0.227 e. The summed E-state index contributed by atoms with van der Waals surface area (Å²) in [6.07, 6.45) is 4.31. The van der Waals surface area contributed by atoms with E-state index in [4.69, 9.17) is 0 Å². The molecule has 1 heterocycles. The van der Waals surface area contributed by atoms with Gasteiger partial charge in [-0.05, 0) is 31.1 Å². The Kier molecular flexibility index (Phi) is 2.36. The van der Waals surface area contributed by atoms with E-state index < -0.39 is 0 Å². The van der Waals surface area contributed by atoms with E-state index in [0.29, 0.717) is 11.8 Å². The third-order valence-corrected chi connectivity index (χ3v) is 4.02. The van der Waals surface area contributed by atoms with Crippen LogP contribution in [-0.2, 0) is 9.59 Å². The highest BCUT2D eigenvalue weighted by atomic mass is 16.2. The van der Waals surface area contributed by atoms with E-state index >= 15 is 0 Å². The molecule has 0 bridgehead atoms. The Morgan fingerprint density at radius 3 is 2.27 bits per heavy atom. The summed E-state index contributed by atoms with van der Waals surface area (Å²) in [6.45, 7) is 4.72. The molecule has 1 saturated carbocycles. The molecule has 2 rings (SSSR count). The van der Waals surface area contributed by atoms with Crippen LogP contribution in [0.5, 0.6) is 0 Å². The molecule has 1 aliphatic heterocycles. The van der Waals surface area contributed by atoms with Crippen LogP contribution in [0.15, 0.2) is 0 Å². The van der Waals surface area contributed by atoms with Gasteiger partial charge in [-0.2, -0.15) is 0 Å².